The molecule has 6 aromatic heterocycles. The van der Waals surface area contributed by atoms with Gasteiger partial charge in [-0.15, -0.1) is 0 Å². The van der Waals surface area contributed by atoms with Crippen LogP contribution in [-0.2, 0) is 21.7 Å². The monoisotopic (exact) mass is 1610 g/mol. The molecule has 4 aliphatic rings. The summed E-state index contributed by atoms with van der Waals surface area (Å²) >= 11 is 0. The molecule has 28 rings (SSSR count). The normalized spacial score (nSPS) is 14.6. The summed E-state index contributed by atoms with van der Waals surface area (Å²) in [7, 11) is 0. The molecule has 0 saturated heterocycles. The zero-order valence-corrected chi connectivity index (χ0v) is 71.2. The van der Waals surface area contributed by atoms with Crippen LogP contribution in [0.25, 0.3) is 221 Å². The van der Waals surface area contributed by atoms with Gasteiger partial charge in [-0.05, 0) is 239 Å². The van der Waals surface area contributed by atoms with Gasteiger partial charge in [-0.25, -0.2) is 0 Å². The summed E-state index contributed by atoms with van der Waals surface area (Å²) in [5.41, 5.74) is 43.9. The minimum Gasteiger partial charge on any atom is -0.456 e. The Kier molecular flexibility index (Phi) is 14.3. The number of hydrogen-bond donors (Lipinski definition) is 0. The van der Waals surface area contributed by atoms with Gasteiger partial charge in [-0.1, -0.05) is 292 Å². The van der Waals surface area contributed by atoms with Gasteiger partial charge in [0.2, 0.25) is 0 Å². The molecule has 6 heteroatoms. The number of nitrogens with zero attached hydrogens (tertiary/aromatic N) is 4. The van der Waals surface area contributed by atoms with E-state index >= 15 is 0 Å². The summed E-state index contributed by atoms with van der Waals surface area (Å²) in [6.07, 6.45) is 0. The number of hydrogen-bond acceptors (Lipinski definition) is 2. The summed E-state index contributed by atoms with van der Waals surface area (Å²) in [6.45, 7) is 19.0. The zero-order chi connectivity index (χ0) is 83.9. The first kappa shape index (κ1) is 71.3. The molecule has 18 aromatic carbocycles. The first-order valence-electron chi connectivity index (χ1n) is 44.3. The van der Waals surface area contributed by atoms with E-state index in [1.165, 1.54) is 243 Å². The van der Waals surface area contributed by atoms with E-state index in [0.29, 0.717) is 0 Å². The molecule has 6 nitrogen and oxygen atoms in total. The summed E-state index contributed by atoms with van der Waals surface area (Å²) in [5, 5.41) is 14.9. The van der Waals surface area contributed by atoms with E-state index in [-0.39, 0.29) is 21.7 Å². The molecule has 0 spiro atoms. The van der Waals surface area contributed by atoms with Crippen molar-refractivity contribution in [3.05, 3.63) is 408 Å². The Balaban J connectivity index is 0.000000131. The van der Waals surface area contributed by atoms with Crippen molar-refractivity contribution < 1.29 is 8.83 Å². The second-order valence-corrected chi connectivity index (χ2v) is 37.8. The topological polar surface area (TPSA) is 46.0 Å². The second kappa shape index (κ2) is 25.2. The molecular weight excluding hydrogens is 1530 g/mol. The maximum absolute atomic E-state index is 6.39. The van der Waals surface area contributed by atoms with Crippen molar-refractivity contribution in [3.63, 3.8) is 0 Å². The van der Waals surface area contributed by atoms with Crippen LogP contribution < -0.4 is 0 Å². The van der Waals surface area contributed by atoms with Crippen LogP contribution in [0.1, 0.15) is 99.9 Å². The van der Waals surface area contributed by atoms with E-state index < -0.39 is 0 Å². The average molecular weight is 1610 g/mol. The fourth-order valence-corrected chi connectivity index (χ4v) is 23.9. The average Bonchev–Trinajstić information content (AvgIpc) is 1.55. The van der Waals surface area contributed by atoms with Gasteiger partial charge in [0, 0.05) is 109 Å². The molecule has 6 heterocycles. The summed E-state index contributed by atoms with van der Waals surface area (Å²) < 4.78 is 22.7. The predicted molar refractivity (Wildman–Crippen MR) is 526 cm³/mol. The number of para-hydroxylation sites is 6. The molecule has 0 unspecified atom stereocenters. The highest BCUT2D eigenvalue weighted by Crippen LogP contribution is 2.58. The number of aromatic nitrogens is 4. The SMILES string of the molecule is CC1(C)c2ccccc2-c2ccc(-n3c4ccccc4c4ccc(-c5ccc6c(c5)c5ccccc5n6-c5ccc6c(c5)C(C)(C)c5c-6ccc6oc7ccccc7c56)cc43)cc21.CC1(C)c2ccccc2-c2ccc(-n3c4ccccc4c4ccc(-c5ccc6c7ccccc7n(-c7ccc8c(c7)C(C)(C)c7c-8ccc8oc9ccccc9c78)c6c5)cc43)cc21. The zero-order valence-electron chi connectivity index (χ0n) is 71.2. The smallest absolute Gasteiger partial charge is 0.135 e. The predicted octanol–water partition coefficient (Wildman–Crippen LogP) is 32.1. The maximum Gasteiger partial charge on any atom is 0.135 e. The minimum atomic E-state index is -0.233. The molecule has 0 fully saturated rings. The largest absolute Gasteiger partial charge is 0.456 e. The van der Waals surface area contributed by atoms with Gasteiger partial charge in [0.25, 0.3) is 0 Å². The maximum atomic E-state index is 6.39. The highest BCUT2D eigenvalue weighted by Gasteiger charge is 2.42. The van der Waals surface area contributed by atoms with Gasteiger partial charge in [-0.2, -0.15) is 0 Å². The van der Waals surface area contributed by atoms with E-state index in [1.54, 1.807) is 0 Å². The van der Waals surface area contributed by atoms with E-state index in [0.717, 1.165) is 22.3 Å². The highest BCUT2D eigenvalue weighted by atomic mass is 16.3. The number of furan rings is 2. The fourth-order valence-electron chi connectivity index (χ4n) is 23.9. The van der Waals surface area contributed by atoms with Crippen LogP contribution in [0.3, 0.4) is 0 Å². The van der Waals surface area contributed by atoms with E-state index in [4.69, 9.17) is 8.83 Å². The molecule has 24 aromatic rings. The number of rotatable bonds is 6. The molecule has 0 amide bonds. The lowest BCUT2D eigenvalue weighted by Crippen LogP contribution is -2.16. The Morgan fingerprint density at radius 3 is 0.833 bits per heavy atom. The minimum absolute atomic E-state index is 0.0796. The van der Waals surface area contributed by atoms with Crippen LogP contribution in [0, 0.1) is 0 Å². The van der Waals surface area contributed by atoms with E-state index in [1.807, 2.05) is 0 Å². The highest BCUT2D eigenvalue weighted by molar-refractivity contribution is 6.17. The van der Waals surface area contributed by atoms with Gasteiger partial charge < -0.3 is 27.1 Å². The molecule has 4 aliphatic carbocycles. The Morgan fingerprint density at radius 1 is 0.175 bits per heavy atom. The molecule has 0 aliphatic heterocycles. The van der Waals surface area contributed by atoms with Crippen molar-refractivity contribution in [1.29, 1.82) is 0 Å². The lowest BCUT2D eigenvalue weighted by Gasteiger charge is -2.23. The standard InChI is InChI=1S/2C60H42N2O/c1-59(2)48-17-9-5-13-39(48)40-26-23-38(33-49(40)59)62-51-18-10-6-14-42(51)44-25-21-36(32-54(44)62)35-22-29-53-47(31-35)43-15-7-11-19-52(43)61(53)37-24-27-41-45-28-30-56-57(46-16-8-12-20-55(46)63-56)58(45)60(3,4)50(41)34-37;1-59(2)48-17-9-5-13-39(48)40-27-23-37(33-49(40)59)61-51-18-10-6-14-42(51)44-25-21-35(31-53(44)61)36-22-26-45-43-15-7-11-19-52(43)62(54(45)32-36)38-24-28-41-46-29-30-56-57(47-16-8-12-20-55(47)63-56)58(46)60(3,4)50(41)34-38/h2*5-34H,1-4H3. The third-order valence-corrected chi connectivity index (χ3v) is 29.8. The van der Waals surface area contributed by atoms with Crippen molar-refractivity contribution in [2.75, 3.05) is 0 Å². The fraction of sp³-hybridized carbons (Fsp3) is 0.100. The van der Waals surface area contributed by atoms with Gasteiger partial charge in [0.05, 0.1) is 44.1 Å². The van der Waals surface area contributed by atoms with Crippen LogP contribution >= 0.6 is 0 Å². The Labute approximate surface area is 728 Å². The van der Waals surface area contributed by atoms with Crippen molar-refractivity contribution >= 4 is 131 Å². The summed E-state index contributed by atoms with van der Waals surface area (Å²) in [4.78, 5) is 0. The molecule has 596 valence electrons. The Hall–Kier alpha value is -15.2. The lowest BCUT2D eigenvalue weighted by atomic mass is 9.80. The molecule has 0 saturated carbocycles. The van der Waals surface area contributed by atoms with Crippen molar-refractivity contribution in [3.8, 4) is 89.5 Å². The van der Waals surface area contributed by atoms with Crippen molar-refractivity contribution in [1.82, 2.24) is 18.3 Å². The van der Waals surface area contributed by atoms with Gasteiger partial charge >= 0.3 is 0 Å². The number of fused-ring (bicyclic) bond motifs is 32. The van der Waals surface area contributed by atoms with Gasteiger partial charge in [0.15, 0.2) is 0 Å². The van der Waals surface area contributed by atoms with E-state index in [9.17, 15) is 0 Å². The van der Waals surface area contributed by atoms with Gasteiger partial charge in [-0.3, -0.25) is 0 Å². The lowest BCUT2D eigenvalue weighted by molar-refractivity contribution is 0.656. The Morgan fingerprint density at radius 2 is 0.444 bits per heavy atom. The number of benzene rings is 18. The van der Waals surface area contributed by atoms with E-state index in [2.05, 4.69) is 438 Å². The van der Waals surface area contributed by atoms with Gasteiger partial charge in [0.1, 0.15) is 22.3 Å². The van der Waals surface area contributed by atoms with Crippen molar-refractivity contribution in [2.24, 2.45) is 0 Å². The van der Waals surface area contributed by atoms with Crippen LogP contribution in [0.5, 0.6) is 0 Å². The second-order valence-electron chi connectivity index (χ2n) is 37.8. The van der Waals surface area contributed by atoms with Crippen LogP contribution in [0.15, 0.2) is 373 Å². The van der Waals surface area contributed by atoms with Crippen LogP contribution in [-0.4, -0.2) is 18.3 Å². The van der Waals surface area contributed by atoms with Crippen LogP contribution in [0.4, 0.5) is 0 Å². The molecule has 0 bridgehead atoms. The summed E-state index contributed by atoms with van der Waals surface area (Å²) in [5.74, 6) is 0. The molecule has 126 heavy (non-hydrogen) atoms. The molecular formula is C120H84N4O2. The molecule has 0 N–H and O–H groups in total. The van der Waals surface area contributed by atoms with Crippen molar-refractivity contribution in [2.45, 2.75) is 77.0 Å². The Bertz CT molecular complexity index is 8990. The molecule has 0 atom stereocenters. The quantitative estimate of drug-likeness (QED) is 0.167. The summed E-state index contributed by atoms with van der Waals surface area (Å²) in [6, 6.07) is 136. The third-order valence-electron chi connectivity index (χ3n) is 29.8. The first-order valence-corrected chi connectivity index (χ1v) is 44.3. The molecule has 0 radical (unpaired) electrons. The third kappa shape index (κ3) is 9.60. The van der Waals surface area contributed by atoms with Crippen LogP contribution in [0.2, 0.25) is 0 Å². The first-order chi connectivity index (χ1) is 61.5.